The molecular weight excluding hydrogens is 534 g/mol. The van der Waals surface area contributed by atoms with E-state index in [1.54, 1.807) is 43.3 Å². The zero-order chi connectivity index (χ0) is 29.0. The SMILES string of the molecule is COc1ccc(-c2cnc3c(c2)C(=O)N([C@H](C)CO)C[C@@H](C)[C@H](CN(C)S(=O)(=O)c2ccc(OC)cc2)O3)cc1. The number of hydrogen-bond acceptors (Lipinski definition) is 8. The fraction of sp³-hybridized carbons (Fsp3) is 0.379. The molecule has 1 N–H and O–H groups in total. The summed E-state index contributed by atoms with van der Waals surface area (Å²) in [6.45, 7) is 3.71. The monoisotopic (exact) mass is 569 g/mol. The molecule has 0 radical (unpaired) electrons. The molecule has 11 heteroatoms. The predicted molar refractivity (Wildman–Crippen MR) is 150 cm³/mol. The van der Waals surface area contributed by atoms with Crippen molar-refractivity contribution in [1.82, 2.24) is 14.2 Å². The Bertz CT molecular complexity index is 1430. The number of nitrogens with zero attached hydrogens (tertiary/aromatic N) is 3. The van der Waals surface area contributed by atoms with E-state index in [4.69, 9.17) is 14.2 Å². The number of fused-ring (bicyclic) bond motifs is 1. The molecule has 2 aromatic carbocycles. The van der Waals surface area contributed by atoms with Crippen molar-refractivity contribution in [3.05, 3.63) is 66.4 Å². The summed E-state index contributed by atoms with van der Waals surface area (Å²) < 4.78 is 44.6. The number of aromatic nitrogens is 1. The summed E-state index contributed by atoms with van der Waals surface area (Å²) in [5, 5.41) is 9.92. The van der Waals surface area contributed by atoms with Crippen molar-refractivity contribution < 1.29 is 32.5 Å². The highest BCUT2D eigenvalue weighted by Gasteiger charge is 2.36. The standard InChI is InChI=1S/C29H35N3O7S/c1-19-16-32(20(2)18-33)29(34)26-14-22(21-6-8-23(37-4)9-7-21)15-30-28(26)39-27(19)17-31(3)40(35,36)25-12-10-24(38-5)11-13-25/h6-15,19-20,27,33H,16-18H2,1-5H3/t19-,20-,27+/m1/s1. The minimum atomic E-state index is -3.83. The summed E-state index contributed by atoms with van der Waals surface area (Å²) in [6, 6.07) is 14.8. The van der Waals surface area contributed by atoms with E-state index >= 15 is 0 Å². The Hall–Kier alpha value is -3.67. The van der Waals surface area contributed by atoms with Crippen LogP contribution in [-0.2, 0) is 10.0 Å². The van der Waals surface area contributed by atoms with E-state index in [-0.39, 0.29) is 47.9 Å². The Labute approximate surface area is 235 Å². The number of ether oxygens (including phenoxy) is 3. The molecule has 40 heavy (non-hydrogen) atoms. The van der Waals surface area contributed by atoms with Crippen LogP contribution in [0, 0.1) is 5.92 Å². The van der Waals surface area contributed by atoms with Crippen LogP contribution in [-0.4, -0.2) is 86.7 Å². The van der Waals surface area contributed by atoms with Gasteiger partial charge in [-0.25, -0.2) is 13.4 Å². The minimum absolute atomic E-state index is 0.0203. The third-order valence-corrected chi connectivity index (χ3v) is 8.99. The molecule has 0 saturated carbocycles. The maximum atomic E-state index is 13.7. The molecule has 0 spiro atoms. The smallest absolute Gasteiger partial charge is 0.259 e. The van der Waals surface area contributed by atoms with Gasteiger partial charge >= 0.3 is 0 Å². The number of aliphatic hydroxyl groups excluding tert-OH is 1. The molecule has 0 fully saturated rings. The first-order chi connectivity index (χ1) is 19.1. The number of carbonyl (C=O) groups is 1. The summed E-state index contributed by atoms with van der Waals surface area (Å²) in [4.78, 5) is 19.9. The third-order valence-electron chi connectivity index (χ3n) is 7.15. The summed E-state index contributed by atoms with van der Waals surface area (Å²) >= 11 is 0. The van der Waals surface area contributed by atoms with Gasteiger partial charge in [-0.05, 0) is 55.0 Å². The van der Waals surface area contributed by atoms with Crippen LogP contribution < -0.4 is 14.2 Å². The van der Waals surface area contributed by atoms with Crippen LogP contribution >= 0.6 is 0 Å². The first-order valence-corrected chi connectivity index (χ1v) is 14.4. The van der Waals surface area contributed by atoms with E-state index < -0.39 is 22.2 Å². The number of benzene rings is 2. The van der Waals surface area contributed by atoms with Gasteiger partial charge in [0.2, 0.25) is 15.9 Å². The number of hydrogen-bond donors (Lipinski definition) is 1. The summed E-state index contributed by atoms with van der Waals surface area (Å²) in [6.07, 6.45) is 0.993. The highest BCUT2D eigenvalue weighted by atomic mass is 32.2. The van der Waals surface area contributed by atoms with Gasteiger partial charge in [-0.15, -0.1) is 0 Å². The van der Waals surface area contributed by atoms with Gasteiger partial charge < -0.3 is 24.2 Å². The van der Waals surface area contributed by atoms with E-state index in [1.807, 2.05) is 31.2 Å². The minimum Gasteiger partial charge on any atom is -0.497 e. The van der Waals surface area contributed by atoms with Gasteiger partial charge in [0, 0.05) is 31.3 Å². The number of rotatable bonds is 9. The quantitative estimate of drug-likeness (QED) is 0.417. The van der Waals surface area contributed by atoms with E-state index in [2.05, 4.69) is 4.98 Å². The van der Waals surface area contributed by atoms with Gasteiger partial charge in [0.1, 0.15) is 23.2 Å². The molecule has 0 bridgehead atoms. The van der Waals surface area contributed by atoms with Crippen molar-refractivity contribution in [2.24, 2.45) is 5.92 Å². The van der Waals surface area contributed by atoms with Gasteiger partial charge in [-0.1, -0.05) is 19.1 Å². The lowest BCUT2D eigenvalue weighted by molar-refractivity contribution is 0.0373. The molecular formula is C29H35N3O7S. The Kier molecular flexibility index (Phi) is 8.97. The van der Waals surface area contributed by atoms with Crippen LogP contribution in [0.3, 0.4) is 0 Å². The topological polar surface area (TPSA) is 118 Å². The number of methoxy groups -OCH3 is 2. The molecule has 3 atom stereocenters. The Morgan fingerprint density at radius 3 is 2.25 bits per heavy atom. The molecule has 10 nitrogen and oxygen atoms in total. The Balaban J connectivity index is 1.68. The fourth-order valence-corrected chi connectivity index (χ4v) is 5.72. The number of carbonyl (C=O) groups excluding carboxylic acids is 1. The molecule has 1 aromatic heterocycles. The number of pyridine rings is 1. The maximum Gasteiger partial charge on any atom is 0.259 e. The first-order valence-electron chi connectivity index (χ1n) is 12.9. The van der Waals surface area contributed by atoms with E-state index in [0.717, 1.165) is 5.56 Å². The second kappa shape index (κ2) is 12.2. The van der Waals surface area contributed by atoms with Crippen molar-refractivity contribution >= 4 is 15.9 Å². The average molecular weight is 570 g/mol. The van der Waals surface area contributed by atoms with Crippen molar-refractivity contribution in [2.75, 3.05) is 41.0 Å². The van der Waals surface area contributed by atoms with E-state index in [9.17, 15) is 18.3 Å². The Morgan fingerprint density at radius 2 is 1.68 bits per heavy atom. The van der Waals surface area contributed by atoms with Gasteiger partial charge in [-0.3, -0.25) is 4.79 Å². The molecule has 1 aliphatic heterocycles. The maximum absolute atomic E-state index is 13.7. The lowest BCUT2D eigenvalue weighted by Crippen LogP contribution is -2.50. The van der Waals surface area contributed by atoms with Crippen molar-refractivity contribution in [1.29, 1.82) is 0 Å². The molecule has 214 valence electrons. The number of likely N-dealkylation sites (N-methyl/N-ethyl adjacent to an activating group) is 1. The molecule has 1 aliphatic rings. The molecule has 0 aliphatic carbocycles. The predicted octanol–water partition coefficient (Wildman–Crippen LogP) is 3.31. The molecule has 1 amide bonds. The van der Waals surface area contributed by atoms with Crippen LogP contribution in [0.25, 0.3) is 11.1 Å². The molecule has 3 aromatic rings. The van der Waals surface area contributed by atoms with Gasteiger partial charge in [0.15, 0.2) is 0 Å². The zero-order valence-corrected chi connectivity index (χ0v) is 24.1. The molecule has 0 saturated heterocycles. The van der Waals surface area contributed by atoms with Crippen LogP contribution in [0.4, 0.5) is 0 Å². The molecule has 4 rings (SSSR count). The van der Waals surface area contributed by atoms with Crippen molar-refractivity contribution in [3.8, 4) is 28.5 Å². The van der Waals surface area contributed by atoms with Crippen LogP contribution in [0.5, 0.6) is 17.4 Å². The first kappa shape index (κ1) is 29.3. The van der Waals surface area contributed by atoms with Gasteiger partial charge in [0.25, 0.3) is 5.91 Å². The van der Waals surface area contributed by atoms with Crippen LogP contribution in [0.2, 0.25) is 0 Å². The zero-order valence-electron chi connectivity index (χ0n) is 23.3. The number of aliphatic hydroxyl groups is 1. The Morgan fingerprint density at radius 1 is 1.07 bits per heavy atom. The van der Waals surface area contributed by atoms with Gasteiger partial charge in [-0.2, -0.15) is 4.31 Å². The highest BCUT2D eigenvalue weighted by molar-refractivity contribution is 7.89. The van der Waals surface area contributed by atoms with Gasteiger partial charge in [0.05, 0.1) is 38.3 Å². The lowest BCUT2D eigenvalue weighted by atomic mass is 9.99. The summed E-state index contributed by atoms with van der Waals surface area (Å²) in [7, 11) is 0.766. The summed E-state index contributed by atoms with van der Waals surface area (Å²) in [5.74, 6) is 0.782. The second-order valence-corrected chi connectivity index (χ2v) is 11.9. The fourth-order valence-electron chi connectivity index (χ4n) is 4.54. The summed E-state index contributed by atoms with van der Waals surface area (Å²) in [5.41, 5.74) is 1.79. The number of amides is 1. The largest absolute Gasteiger partial charge is 0.497 e. The lowest BCUT2D eigenvalue weighted by Gasteiger charge is -2.37. The molecule has 2 heterocycles. The van der Waals surface area contributed by atoms with Crippen molar-refractivity contribution in [3.63, 3.8) is 0 Å². The van der Waals surface area contributed by atoms with E-state index in [1.165, 1.54) is 30.6 Å². The second-order valence-electron chi connectivity index (χ2n) is 9.89. The molecule has 0 unspecified atom stereocenters. The van der Waals surface area contributed by atoms with Crippen LogP contribution in [0.15, 0.2) is 65.7 Å². The third kappa shape index (κ3) is 6.06. The normalized spacial score (nSPS) is 18.4. The van der Waals surface area contributed by atoms with E-state index in [0.29, 0.717) is 17.1 Å². The number of sulfonamides is 1. The van der Waals surface area contributed by atoms with Crippen LogP contribution in [0.1, 0.15) is 24.2 Å². The van der Waals surface area contributed by atoms with Crippen molar-refractivity contribution in [2.45, 2.75) is 30.9 Å². The highest BCUT2D eigenvalue weighted by Crippen LogP contribution is 2.31. The average Bonchev–Trinajstić information content (AvgIpc) is 2.98.